The lowest BCUT2D eigenvalue weighted by Crippen LogP contribution is -2.53. The highest BCUT2D eigenvalue weighted by molar-refractivity contribution is 7.80. The Kier molecular flexibility index (Phi) is 11.7. The number of amides is 3. The fraction of sp³-hybridized carbons (Fsp3) is 0.414. The third kappa shape index (κ3) is 9.13. The van der Waals surface area contributed by atoms with Crippen molar-refractivity contribution in [3.63, 3.8) is 0 Å². The molecular weight excluding hydrogens is 502 g/mol. The van der Waals surface area contributed by atoms with Crippen molar-refractivity contribution in [3.05, 3.63) is 66.2 Å². The number of benzene rings is 2. The first-order valence-corrected chi connectivity index (χ1v) is 13.2. The molecule has 2 unspecified atom stereocenters. The molecule has 0 aliphatic rings. The van der Waals surface area contributed by atoms with Crippen molar-refractivity contribution in [2.24, 2.45) is 0 Å². The lowest BCUT2D eigenvalue weighted by atomic mass is 10.00. The first kappa shape index (κ1) is 30.8. The Morgan fingerprint density at radius 3 is 2.37 bits per heavy atom. The van der Waals surface area contributed by atoms with Crippen LogP contribution in [0.25, 0.3) is 6.08 Å². The number of carbonyl (C=O) groups is 3. The van der Waals surface area contributed by atoms with Gasteiger partial charge in [-0.25, -0.2) is 4.79 Å². The van der Waals surface area contributed by atoms with E-state index >= 15 is 0 Å². The van der Waals surface area contributed by atoms with Crippen molar-refractivity contribution in [2.75, 3.05) is 24.7 Å². The van der Waals surface area contributed by atoms with Crippen molar-refractivity contribution >= 4 is 42.3 Å². The van der Waals surface area contributed by atoms with Crippen LogP contribution < -0.4 is 15.4 Å². The molecule has 0 saturated heterocycles. The van der Waals surface area contributed by atoms with Crippen molar-refractivity contribution in [1.82, 2.24) is 10.2 Å². The molecule has 0 saturated carbocycles. The monoisotopic (exact) mass is 541 g/mol. The van der Waals surface area contributed by atoms with E-state index in [1.165, 1.54) is 4.90 Å². The first-order chi connectivity index (χ1) is 18.0. The summed E-state index contributed by atoms with van der Waals surface area (Å²) in [6.45, 7) is 11.4. The smallest absolute Gasteiger partial charge is 0.408 e. The van der Waals surface area contributed by atoms with Gasteiger partial charge in [-0.1, -0.05) is 44.2 Å². The molecule has 9 heteroatoms. The highest BCUT2D eigenvalue weighted by Gasteiger charge is 2.35. The second-order valence-corrected chi connectivity index (χ2v) is 10.1. The van der Waals surface area contributed by atoms with E-state index in [1.807, 2.05) is 25.1 Å². The number of hydrogen-bond donors (Lipinski definition) is 3. The SMILES string of the molecule is C=Cc1cccc(C(C(=O)Nc2ccc(OC)cc2)N(CCCC)C(=O)C(CS)NC(=O)OC(C)(C)C)c1. The van der Waals surface area contributed by atoms with Crippen LogP contribution in [0.15, 0.2) is 55.1 Å². The molecule has 0 radical (unpaired) electrons. The van der Waals surface area contributed by atoms with E-state index < -0.39 is 35.6 Å². The zero-order valence-corrected chi connectivity index (χ0v) is 23.7. The molecule has 3 amide bonds. The number of alkyl carbamates (subject to hydrolysis) is 1. The fourth-order valence-corrected chi connectivity index (χ4v) is 3.99. The average molecular weight is 542 g/mol. The van der Waals surface area contributed by atoms with Crippen molar-refractivity contribution in [2.45, 2.75) is 58.2 Å². The van der Waals surface area contributed by atoms with Crippen LogP contribution in [-0.2, 0) is 14.3 Å². The van der Waals surface area contributed by atoms with Crippen LogP contribution in [0.2, 0.25) is 0 Å². The molecule has 0 aliphatic carbocycles. The maximum absolute atomic E-state index is 13.9. The minimum absolute atomic E-state index is 0.0280. The van der Waals surface area contributed by atoms with Crippen molar-refractivity contribution < 1.29 is 23.9 Å². The largest absolute Gasteiger partial charge is 0.497 e. The fourth-order valence-electron chi connectivity index (χ4n) is 3.74. The van der Waals surface area contributed by atoms with E-state index in [2.05, 4.69) is 29.8 Å². The van der Waals surface area contributed by atoms with E-state index in [4.69, 9.17) is 9.47 Å². The highest BCUT2D eigenvalue weighted by atomic mass is 32.1. The molecule has 0 aromatic heterocycles. The molecule has 0 fully saturated rings. The molecule has 2 aromatic rings. The summed E-state index contributed by atoms with van der Waals surface area (Å²) in [6.07, 6.45) is 2.41. The molecule has 0 heterocycles. The van der Waals surface area contributed by atoms with Gasteiger partial charge in [0.25, 0.3) is 5.91 Å². The lowest BCUT2D eigenvalue weighted by Gasteiger charge is -2.34. The first-order valence-electron chi connectivity index (χ1n) is 12.6. The van der Waals surface area contributed by atoms with Crippen molar-refractivity contribution in [3.8, 4) is 5.75 Å². The Labute approximate surface area is 231 Å². The molecule has 0 bridgehead atoms. The van der Waals surface area contributed by atoms with Gasteiger partial charge in [-0.3, -0.25) is 9.59 Å². The van der Waals surface area contributed by atoms with Gasteiger partial charge in [0.1, 0.15) is 23.4 Å². The number of carbonyl (C=O) groups excluding carboxylic acids is 3. The lowest BCUT2D eigenvalue weighted by molar-refractivity contribution is -0.140. The molecule has 0 spiro atoms. The van der Waals surface area contributed by atoms with Crippen LogP contribution in [0, 0.1) is 0 Å². The highest BCUT2D eigenvalue weighted by Crippen LogP contribution is 2.27. The summed E-state index contributed by atoms with van der Waals surface area (Å²) in [7, 11) is 1.57. The number of methoxy groups -OCH3 is 1. The minimum Gasteiger partial charge on any atom is -0.497 e. The Bertz CT molecular complexity index is 1100. The number of ether oxygens (including phenoxy) is 2. The number of rotatable bonds is 12. The Morgan fingerprint density at radius 1 is 1.13 bits per heavy atom. The summed E-state index contributed by atoms with van der Waals surface area (Å²) >= 11 is 4.32. The van der Waals surface area contributed by atoms with Crippen LogP contribution in [-0.4, -0.2) is 53.9 Å². The zero-order valence-electron chi connectivity index (χ0n) is 22.8. The van der Waals surface area contributed by atoms with E-state index in [1.54, 1.807) is 64.3 Å². The minimum atomic E-state index is -0.996. The number of nitrogens with one attached hydrogen (secondary N) is 2. The Balaban J connectivity index is 2.48. The van der Waals surface area contributed by atoms with Gasteiger partial charge < -0.3 is 25.0 Å². The van der Waals surface area contributed by atoms with Gasteiger partial charge >= 0.3 is 6.09 Å². The summed E-state index contributed by atoms with van der Waals surface area (Å²) in [5, 5.41) is 5.54. The molecule has 2 rings (SSSR count). The molecule has 2 atom stereocenters. The summed E-state index contributed by atoms with van der Waals surface area (Å²) in [5.74, 6) is -0.141. The maximum atomic E-state index is 13.9. The summed E-state index contributed by atoms with van der Waals surface area (Å²) < 4.78 is 10.6. The number of hydrogen-bond acceptors (Lipinski definition) is 6. The summed E-state index contributed by atoms with van der Waals surface area (Å²) in [6, 6.07) is 12.3. The molecule has 8 nitrogen and oxygen atoms in total. The molecule has 38 heavy (non-hydrogen) atoms. The van der Waals surface area contributed by atoms with Gasteiger partial charge in [-0.15, -0.1) is 0 Å². The number of thiol groups is 1. The number of nitrogens with zero attached hydrogens (tertiary/aromatic N) is 1. The van der Waals surface area contributed by atoms with E-state index in [0.29, 0.717) is 30.0 Å². The Hall–Kier alpha value is -3.46. The predicted octanol–water partition coefficient (Wildman–Crippen LogP) is 5.47. The van der Waals surface area contributed by atoms with E-state index in [0.717, 1.165) is 12.0 Å². The molecule has 206 valence electrons. The average Bonchev–Trinajstić information content (AvgIpc) is 2.88. The van der Waals surface area contributed by atoms with Gasteiger partial charge in [0, 0.05) is 18.0 Å². The van der Waals surface area contributed by atoms with Crippen LogP contribution in [0.5, 0.6) is 5.75 Å². The standard InChI is InChI=1S/C29H39N3O5S/c1-7-9-17-32(27(34)24(19-38)31-28(35)37-29(3,4)5)25(21-12-10-11-20(8-2)18-21)26(33)30-22-13-15-23(36-6)16-14-22/h8,10-16,18,24-25,38H,2,7,9,17,19H2,1,3-6H3,(H,30,33)(H,31,35). The molecule has 2 N–H and O–H groups in total. The second kappa shape index (κ2) is 14.5. The maximum Gasteiger partial charge on any atom is 0.408 e. The third-order valence-corrected chi connectivity index (χ3v) is 5.95. The normalized spacial score (nSPS) is 12.6. The second-order valence-electron chi connectivity index (χ2n) is 9.76. The van der Waals surface area contributed by atoms with Gasteiger partial charge in [-0.05, 0) is 68.7 Å². The quantitative estimate of drug-likeness (QED) is 0.310. The molecule has 0 aliphatic heterocycles. The zero-order chi connectivity index (χ0) is 28.3. The van der Waals surface area contributed by atoms with E-state index in [9.17, 15) is 14.4 Å². The van der Waals surface area contributed by atoms with Gasteiger partial charge in [-0.2, -0.15) is 12.6 Å². The summed E-state index contributed by atoms with van der Waals surface area (Å²) in [4.78, 5) is 41.7. The summed E-state index contributed by atoms with van der Waals surface area (Å²) in [5.41, 5.74) is 1.25. The van der Waals surface area contributed by atoms with Gasteiger partial charge in [0.2, 0.25) is 5.91 Å². The van der Waals surface area contributed by atoms with Crippen LogP contribution in [0.1, 0.15) is 57.7 Å². The van der Waals surface area contributed by atoms with Crippen LogP contribution in [0.3, 0.4) is 0 Å². The number of anilines is 1. The molecular formula is C29H39N3O5S. The van der Waals surface area contributed by atoms with Gasteiger partial charge in [0.05, 0.1) is 7.11 Å². The van der Waals surface area contributed by atoms with Crippen LogP contribution in [0.4, 0.5) is 10.5 Å². The predicted molar refractivity (Wildman–Crippen MR) is 155 cm³/mol. The Morgan fingerprint density at radius 2 is 1.82 bits per heavy atom. The number of unbranched alkanes of at least 4 members (excludes halogenated alkanes) is 1. The molecule has 2 aromatic carbocycles. The van der Waals surface area contributed by atoms with Crippen LogP contribution >= 0.6 is 12.6 Å². The third-order valence-electron chi connectivity index (χ3n) is 5.59. The van der Waals surface area contributed by atoms with E-state index in [-0.39, 0.29) is 5.75 Å². The topological polar surface area (TPSA) is 97.0 Å². The van der Waals surface area contributed by atoms with Gasteiger partial charge in [0.15, 0.2) is 0 Å². The van der Waals surface area contributed by atoms with Crippen molar-refractivity contribution in [1.29, 1.82) is 0 Å².